The number of ether oxygens (including phenoxy) is 1. The predicted octanol–water partition coefficient (Wildman–Crippen LogP) is 3.00. The van der Waals surface area contributed by atoms with Crippen LogP contribution >= 0.6 is 12.2 Å². The third-order valence-corrected chi connectivity index (χ3v) is 3.46. The molecule has 1 atom stereocenters. The molecule has 0 saturated heterocycles. The van der Waals surface area contributed by atoms with Gasteiger partial charge in [-0.3, -0.25) is 4.79 Å². The number of nitrogens with zero attached hydrogens (tertiary/aromatic N) is 1. The summed E-state index contributed by atoms with van der Waals surface area (Å²) in [7, 11) is 0. The minimum absolute atomic E-state index is 0.0912. The summed E-state index contributed by atoms with van der Waals surface area (Å²) in [4.78, 5) is 13.7. The van der Waals surface area contributed by atoms with E-state index in [0.717, 1.165) is 18.7 Å². The summed E-state index contributed by atoms with van der Waals surface area (Å²) in [5.41, 5.74) is 0.970. The molecule has 0 bridgehead atoms. The topological polar surface area (TPSA) is 29.5 Å². The maximum absolute atomic E-state index is 11.7. The summed E-state index contributed by atoms with van der Waals surface area (Å²) in [6.45, 7) is 7.56. The molecule has 0 amide bonds. The second kappa shape index (κ2) is 7.89. The Hall–Kier alpha value is -1.42. The highest BCUT2D eigenvalue weighted by molar-refractivity contribution is 7.80. The maximum atomic E-state index is 11.7. The molecule has 0 spiro atoms. The van der Waals surface area contributed by atoms with Crippen LogP contribution in [0.3, 0.4) is 0 Å². The SMILES string of the molecule is CCN(CC)C(=S)OCC(C(C)=O)c1ccccc1. The van der Waals surface area contributed by atoms with Crippen molar-refractivity contribution >= 4 is 23.2 Å². The van der Waals surface area contributed by atoms with Gasteiger partial charge in [-0.05, 0) is 38.6 Å². The van der Waals surface area contributed by atoms with Crippen molar-refractivity contribution in [2.24, 2.45) is 0 Å². The molecule has 0 N–H and O–H groups in total. The van der Waals surface area contributed by atoms with E-state index in [-0.39, 0.29) is 11.7 Å². The molecule has 0 aliphatic carbocycles. The van der Waals surface area contributed by atoms with Crippen LogP contribution in [0.25, 0.3) is 0 Å². The molecular formula is C15H21NO2S. The average molecular weight is 279 g/mol. The third-order valence-electron chi connectivity index (χ3n) is 3.09. The van der Waals surface area contributed by atoms with Gasteiger partial charge in [0.2, 0.25) is 0 Å². The molecule has 0 fully saturated rings. The number of hydrogen-bond donors (Lipinski definition) is 0. The molecule has 1 unspecified atom stereocenters. The van der Waals surface area contributed by atoms with E-state index in [9.17, 15) is 4.79 Å². The van der Waals surface area contributed by atoms with Crippen molar-refractivity contribution in [3.8, 4) is 0 Å². The number of rotatable bonds is 6. The molecule has 0 aliphatic rings. The lowest BCUT2D eigenvalue weighted by atomic mass is 9.96. The molecule has 0 heterocycles. The fraction of sp³-hybridized carbons (Fsp3) is 0.467. The van der Waals surface area contributed by atoms with Crippen LogP contribution in [0.15, 0.2) is 30.3 Å². The zero-order valence-electron chi connectivity index (χ0n) is 11.8. The summed E-state index contributed by atoms with van der Waals surface area (Å²) in [6, 6.07) is 9.66. The Balaban J connectivity index is 2.66. The first-order valence-corrected chi connectivity index (χ1v) is 6.98. The number of thiocarbonyl (C=S) groups is 1. The van der Waals surface area contributed by atoms with Gasteiger partial charge in [0, 0.05) is 13.1 Å². The molecule has 0 aliphatic heterocycles. The van der Waals surface area contributed by atoms with Crippen molar-refractivity contribution in [1.29, 1.82) is 0 Å². The lowest BCUT2D eigenvalue weighted by Gasteiger charge is -2.23. The fourth-order valence-electron chi connectivity index (χ4n) is 1.86. The van der Waals surface area contributed by atoms with E-state index in [1.807, 2.05) is 49.1 Å². The number of carbonyl (C=O) groups excluding carboxylic acids is 1. The molecule has 1 rings (SSSR count). The van der Waals surface area contributed by atoms with Crippen LogP contribution in [0.1, 0.15) is 32.3 Å². The smallest absolute Gasteiger partial charge is 0.259 e. The summed E-state index contributed by atoms with van der Waals surface area (Å²) in [5, 5.41) is 0.465. The van der Waals surface area contributed by atoms with Crippen molar-refractivity contribution in [2.75, 3.05) is 19.7 Å². The molecular weight excluding hydrogens is 258 g/mol. The van der Waals surface area contributed by atoms with Gasteiger partial charge in [0.15, 0.2) is 0 Å². The van der Waals surface area contributed by atoms with Crippen molar-refractivity contribution in [1.82, 2.24) is 4.90 Å². The zero-order chi connectivity index (χ0) is 14.3. The number of Topliss-reactive ketones (excluding diaryl/α,β-unsaturated/α-hetero) is 1. The monoisotopic (exact) mass is 279 g/mol. The second-order valence-electron chi connectivity index (χ2n) is 4.32. The standard InChI is InChI=1S/C15H21NO2S/c1-4-16(5-2)15(19)18-11-14(12(3)17)13-9-7-6-8-10-13/h6-10,14H,4-5,11H2,1-3H3. The third kappa shape index (κ3) is 4.63. The van der Waals surface area contributed by atoms with E-state index in [1.54, 1.807) is 6.92 Å². The van der Waals surface area contributed by atoms with Gasteiger partial charge in [0.1, 0.15) is 12.4 Å². The average Bonchev–Trinajstić information content (AvgIpc) is 2.41. The largest absolute Gasteiger partial charge is 0.470 e. The van der Waals surface area contributed by atoms with Crippen molar-refractivity contribution < 1.29 is 9.53 Å². The Bertz CT molecular complexity index is 415. The van der Waals surface area contributed by atoms with Crippen LogP contribution < -0.4 is 0 Å². The molecule has 19 heavy (non-hydrogen) atoms. The molecule has 0 aromatic heterocycles. The quantitative estimate of drug-likeness (QED) is 0.749. The molecule has 0 saturated carbocycles. The van der Waals surface area contributed by atoms with Crippen LogP contribution in [-0.2, 0) is 9.53 Å². The molecule has 104 valence electrons. The van der Waals surface area contributed by atoms with Crippen molar-refractivity contribution in [3.05, 3.63) is 35.9 Å². The Morgan fingerprint density at radius 2 is 1.84 bits per heavy atom. The summed E-state index contributed by atoms with van der Waals surface area (Å²) in [6.07, 6.45) is 0. The van der Waals surface area contributed by atoms with Gasteiger partial charge < -0.3 is 9.64 Å². The Morgan fingerprint density at radius 3 is 2.32 bits per heavy atom. The minimum Gasteiger partial charge on any atom is -0.470 e. The summed E-state index contributed by atoms with van der Waals surface area (Å²) >= 11 is 5.22. The summed E-state index contributed by atoms with van der Waals surface area (Å²) in [5.74, 6) is -0.164. The molecule has 3 nitrogen and oxygen atoms in total. The highest BCUT2D eigenvalue weighted by Crippen LogP contribution is 2.17. The first-order chi connectivity index (χ1) is 9.10. The Labute approximate surface area is 120 Å². The van der Waals surface area contributed by atoms with E-state index in [1.165, 1.54) is 0 Å². The fourth-order valence-corrected chi connectivity index (χ4v) is 2.19. The highest BCUT2D eigenvalue weighted by atomic mass is 32.1. The molecule has 1 aromatic carbocycles. The minimum atomic E-state index is -0.255. The Morgan fingerprint density at radius 1 is 1.26 bits per heavy atom. The number of hydrogen-bond acceptors (Lipinski definition) is 3. The van der Waals surface area contributed by atoms with Gasteiger partial charge in [-0.1, -0.05) is 30.3 Å². The molecule has 4 heteroatoms. The highest BCUT2D eigenvalue weighted by Gasteiger charge is 2.18. The first kappa shape index (κ1) is 15.6. The van der Waals surface area contributed by atoms with Gasteiger partial charge in [-0.25, -0.2) is 0 Å². The number of benzene rings is 1. The van der Waals surface area contributed by atoms with Crippen LogP contribution in [0.2, 0.25) is 0 Å². The van der Waals surface area contributed by atoms with Crippen LogP contribution in [0.5, 0.6) is 0 Å². The summed E-state index contributed by atoms with van der Waals surface area (Å²) < 4.78 is 5.60. The van der Waals surface area contributed by atoms with Gasteiger partial charge in [0.25, 0.3) is 5.17 Å². The Kier molecular flexibility index (Phi) is 6.50. The van der Waals surface area contributed by atoms with Crippen molar-refractivity contribution in [2.45, 2.75) is 26.7 Å². The van der Waals surface area contributed by atoms with Crippen LogP contribution in [0.4, 0.5) is 0 Å². The van der Waals surface area contributed by atoms with E-state index in [0.29, 0.717) is 11.8 Å². The van der Waals surface area contributed by atoms with Gasteiger partial charge in [-0.2, -0.15) is 0 Å². The van der Waals surface area contributed by atoms with Crippen molar-refractivity contribution in [3.63, 3.8) is 0 Å². The first-order valence-electron chi connectivity index (χ1n) is 6.57. The number of ketones is 1. The zero-order valence-corrected chi connectivity index (χ0v) is 12.6. The molecule has 1 aromatic rings. The maximum Gasteiger partial charge on any atom is 0.259 e. The van der Waals surface area contributed by atoms with Crippen LogP contribution in [-0.4, -0.2) is 35.6 Å². The lowest BCUT2D eigenvalue weighted by Crippen LogP contribution is -2.32. The van der Waals surface area contributed by atoms with E-state index in [2.05, 4.69) is 0 Å². The van der Waals surface area contributed by atoms with E-state index >= 15 is 0 Å². The van der Waals surface area contributed by atoms with Gasteiger partial charge in [0.05, 0.1) is 5.92 Å². The van der Waals surface area contributed by atoms with Gasteiger partial charge >= 0.3 is 0 Å². The van der Waals surface area contributed by atoms with Gasteiger partial charge in [-0.15, -0.1) is 0 Å². The number of carbonyl (C=O) groups is 1. The van der Waals surface area contributed by atoms with E-state index in [4.69, 9.17) is 17.0 Å². The van der Waals surface area contributed by atoms with E-state index < -0.39 is 0 Å². The van der Waals surface area contributed by atoms with Crippen LogP contribution in [0, 0.1) is 0 Å². The predicted molar refractivity (Wildman–Crippen MR) is 81.3 cm³/mol. The molecule has 0 radical (unpaired) electrons. The lowest BCUT2D eigenvalue weighted by molar-refractivity contribution is -0.119. The normalized spacial score (nSPS) is 11.7. The second-order valence-corrected chi connectivity index (χ2v) is 4.67.